The molecule has 3 heteroatoms. The number of rotatable bonds is 0. The molecule has 0 saturated carbocycles. The number of hydrogen-bond donors (Lipinski definition) is 0. The molecule has 0 radical (unpaired) electrons. The maximum absolute atomic E-state index is 5.40. The first kappa shape index (κ1) is 10.6. The van der Waals surface area contributed by atoms with Gasteiger partial charge < -0.3 is 10.1 Å². The third-order valence-electron chi connectivity index (χ3n) is 2.79. The summed E-state index contributed by atoms with van der Waals surface area (Å²) >= 11 is 0. The Bertz CT molecular complexity index is 115. The standard InChI is InChI=1S/C8H14NO.K/c1-4-9-5-2-8(1)3-6-10-7-8;/h1-7H2;/q-1;+1. The van der Waals surface area contributed by atoms with E-state index in [2.05, 4.69) is 5.32 Å². The van der Waals surface area contributed by atoms with Crippen LogP contribution >= 0.6 is 0 Å². The fraction of sp³-hybridized carbons (Fsp3) is 1.00. The van der Waals surface area contributed by atoms with Gasteiger partial charge in [0, 0.05) is 6.61 Å². The molecule has 11 heavy (non-hydrogen) atoms. The van der Waals surface area contributed by atoms with Gasteiger partial charge in [-0.15, -0.1) is 13.1 Å². The molecular weight excluding hydrogens is 165 g/mol. The predicted molar refractivity (Wildman–Crippen MR) is 40.2 cm³/mol. The monoisotopic (exact) mass is 179 g/mol. The molecule has 2 rings (SSSR count). The van der Waals surface area contributed by atoms with Gasteiger partial charge in [-0.25, -0.2) is 0 Å². The summed E-state index contributed by atoms with van der Waals surface area (Å²) in [6.45, 7) is 4.13. The molecule has 1 spiro atoms. The molecule has 0 amide bonds. The minimum atomic E-state index is 0. The largest absolute Gasteiger partial charge is 1.00 e. The van der Waals surface area contributed by atoms with Gasteiger partial charge in [0.05, 0.1) is 6.61 Å². The van der Waals surface area contributed by atoms with Gasteiger partial charge in [0.1, 0.15) is 0 Å². The maximum Gasteiger partial charge on any atom is 1.00 e. The summed E-state index contributed by atoms with van der Waals surface area (Å²) in [5.74, 6) is 0. The Morgan fingerprint density at radius 1 is 1.09 bits per heavy atom. The van der Waals surface area contributed by atoms with Crippen molar-refractivity contribution >= 4 is 0 Å². The van der Waals surface area contributed by atoms with E-state index in [0.717, 1.165) is 26.3 Å². The second-order valence-corrected chi connectivity index (χ2v) is 3.47. The van der Waals surface area contributed by atoms with E-state index in [1.165, 1.54) is 19.3 Å². The maximum atomic E-state index is 5.40. The van der Waals surface area contributed by atoms with Crippen LogP contribution in [0.1, 0.15) is 19.3 Å². The Morgan fingerprint density at radius 2 is 1.82 bits per heavy atom. The molecule has 0 aliphatic carbocycles. The molecule has 2 aliphatic rings. The fourth-order valence-corrected chi connectivity index (χ4v) is 1.91. The van der Waals surface area contributed by atoms with Crippen molar-refractivity contribution in [3.05, 3.63) is 5.32 Å². The first-order chi connectivity index (χ1) is 4.91. The molecule has 2 aliphatic heterocycles. The molecule has 0 atom stereocenters. The van der Waals surface area contributed by atoms with Crippen LogP contribution in [0.4, 0.5) is 0 Å². The van der Waals surface area contributed by atoms with Gasteiger partial charge in [-0.1, -0.05) is 12.8 Å². The summed E-state index contributed by atoms with van der Waals surface area (Å²) in [6, 6.07) is 0. The Morgan fingerprint density at radius 3 is 2.36 bits per heavy atom. The van der Waals surface area contributed by atoms with E-state index in [0.29, 0.717) is 5.41 Å². The molecule has 2 fully saturated rings. The normalized spacial score (nSPS) is 28.4. The van der Waals surface area contributed by atoms with E-state index in [4.69, 9.17) is 4.74 Å². The third kappa shape index (κ3) is 2.50. The van der Waals surface area contributed by atoms with Crippen molar-refractivity contribution in [1.29, 1.82) is 0 Å². The molecule has 0 bridgehead atoms. The molecule has 2 heterocycles. The molecular formula is C8H14KNO. The number of nitrogens with zero attached hydrogens (tertiary/aromatic N) is 1. The summed E-state index contributed by atoms with van der Waals surface area (Å²) in [5, 5.41) is 4.34. The summed E-state index contributed by atoms with van der Waals surface area (Å²) in [6.07, 6.45) is 3.82. The topological polar surface area (TPSA) is 23.3 Å². The predicted octanol–water partition coefficient (Wildman–Crippen LogP) is -1.44. The van der Waals surface area contributed by atoms with Crippen LogP contribution in [0.25, 0.3) is 5.32 Å². The van der Waals surface area contributed by atoms with E-state index in [1.807, 2.05) is 0 Å². The van der Waals surface area contributed by atoms with Crippen LogP contribution in [0.3, 0.4) is 0 Å². The smallest absolute Gasteiger partial charge is 0.662 e. The molecule has 0 aromatic heterocycles. The van der Waals surface area contributed by atoms with Crippen molar-refractivity contribution in [3.63, 3.8) is 0 Å². The molecule has 0 N–H and O–H groups in total. The third-order valence-corrected chi connectivity index (χ3v) is 2.79. The van der Waals surface area contributed by atoms with E-state index < -0.39 is 0 Å². The average molecular weight is 179 g/mol. The first-order valence-corrected chi connectivity index (χ1v) is 4.12. The van der Waals surface area contributed by atoms with Crippen molar-refractivity contribution in [2.24, 2.45) is 5.41 Å². The van der Waals surface area contributed by atoms with E-state index in [9.17, 15) is 0 Å². The van der Waals surface area contributed by atoms with Crippen LogP contribution in [0.2, 0.25) is 0 Å². The SMILES string of the molecule is C1CC2(CC[N-]1)CCOC2.[K+]. The quantitative estimate of drug-likeness (QED) is 0.418. The summed E-state index contributed by atoms with van der Waals surface area (Å²) in [7, 11) is 0. The van der Waals surface area contributed by atoms with Crippen molar-refractivity contribution in [2.45, 2.75) is 19.3 Å². The van der Waals surface area contributed by atoms with Gasteiger partial charge >= 0.3 is 51.4 Å². The second kappa shape index (κ2) is 4.70. The van der Waals surface area contributed by atoms with Gasteiger partial charge in [-0.2, -0.15) is 0 Å². The van der Waals surface area contributed by atoms with Crippen LogP contribution < -0.4 is 51.4 Å². The second-order valence-electron chi connectivity index (χ2n) is 3.47. The zero-order valence-electron chi connectivity index (χ0n) is 7.31. The number of piperidine rings is 1. The van der Waals surface area contributed by atoms with E-state index >= 15 is 0 Å². The number of ether oxygens (including phenoxy) is 1. The molecule has 2 saturated heterocycles. The molecule has 0 unspecified atom stereocenters. The van der Waals surface area contributed by atoms with Crippen molar-refractivity contribution < 1.29 is 56.1 Å². The molecule has 2 nitrogen and oxygen atoms in total. The Labute approximate surface area is 111 Å². The van der Waals surface area contributed by atoms with E-state index in [-0.39, 0.29) is 51.4 Å². The summed E-state index contributed by atoms with van der Waals surface area (Å²) in [4.78, 5) is 0. The fourth-order valence-electron chi connectivity index (χ4n) is 1.91. The minimum Gasteiger partial charge on any atom is -0.662 e. The molecule has 0 aromatic carbocycles. The van der Waals surface area contributed by atoms with Crippen molar-refractivity contribution in [1.82, 2.24) is 0 Å². The van der Waals surface area contributed by atoms with Crippen LogP contribution in [-0.2, 0) is 4.74 Å². The van der Waals surface area contributed by atoms with Gasteiger partial charge in [-0.05, 0) is 11.8 Å². The zero-order valence-corrected chi connectivity index (χ0v) is 10.4. The van der Waals surface area contributed by atoms with E-state index in [1.54, 1.807) is 0 Å². The van der Waals surface area contributed by atoms with Crippen LogP contribution in [0, 0.1) is 5.41 Å². The van der Waals surface area contributed by atoms with Gasteiger partial charge in [0.25, 0.3) is 0 Å². The number of hydrogen-bond acceptors (Lipinski definition) is 1. The zero-order chi connectivity index (χ0) is 6.86. The Kier molecular flexibility index (Phi) is 4.54. The van der Waals surface area contributed by atoms with Crippen molar-refractivity contribution in [2.75, 3.05) is 26.3 Å². The Balaban J connectivity index is 0.000000605. The molecule has 58 valence electrons. The summed E-state index contributed by atoms with van der Waals surface area (Å²) < 4.78 is 5.40. The van der Waals surface area contributed by atoms with Gasteiger partial charge in [0.15, 0.2) is 0 Å². The average Bonchev–Trinajstić information content (AvgIpc) is 2.39. The summed E-state index contributed by atoms with van der Waals surface area (Å²) in [5.41, 5.74) is 0.557. The van der Waals surface area contributed by atoms with Crippen LogP contribution in [0.15, 0.2) is 0 Å². The first-order valence-electron chi connectivity index (χ1n) is 4.12. The van der Waals surface area contributed by atoms with Gasteiger partial charge in [0.2, 0.25) is 0 Å². The molecule has 0 aromatic rings. The van der Waals surface area contributed by atoms with Crippen molar-refractivity contribution in [3.8, 4) is 0 Å². The van der Waals surface area contributed by atoms with Crippen LogP contribution in [0.5, 0.6) is 0 Å². The van der Waals surface area contributed by atoms with Crippen LogP contribution in [-0.4, -0.2) is 26.3 Å². The van der Waals surface area contributed by atoms with Gasteiger partial charge in [-0.3, -0.25) is 0 Å². The minimum absolute atomic E-state index is 0. The Hall–Kier alpha value is 1.56.